The van der Waals surface area contributed by atoms with E-state index in [2.05, 4.69) is 52.9 Å². The molecule has 0 bridgehead atoms. The maximum atomic E-state index is 13.6. The monoisotopic (exact) mass is 698 g/mol. The van der Waals surface area contributed by atoms with Crippen LogP contribution in [0.4, 0.5) is 0 Å². The highest BCUT2D eigenvalue weighted by Crippen LogP contribution is 2.42. The van der Waals surface area contributed by atoms with Crippen LogP contribution in [-0.2, 0) is 0 Å². The Kier molecular flexibility index (Phi) is 7.65. The summed E-state index contributed by atoms with van der Waals surface area (Å²) in [5.41, 5.74) is 1.44. The molecule has 0 radical (unpaired) electrons. The summed E-state index contributed by atoms with van der Waals surface area (Å²) in [7, 11) is 0. The molecule has 0 N–H and O–H groups in total. The van der Waals surface area contributed by atoms with Crippen molar-refractivity contribution in [2.45, 2.75) is 6.92 Å². The molecule has 38 heavy (non-hydrogen) atoms. The van der Waals surface area contributed by atoms with Gasteiger partial charge in [-0.15, -0.1) is 0 Å². The first kappa shape index (κ1) is 26.2. The highest BCUT2D eigenvalue weighted by atomic mass is 79.9. The van der Waals surface area contributed by atoms with Gasteiger partial charge in [0.1, 0.15) is 11.7 Å². The molecule has 0 saturated heterocycles. The summed E-state index contributed by atoms with van der Waals surface area (Å²) in [6, 6.07) is 18.2. The summed E-state index contributed by atoms with van der Waals surface area (Å²) >= 11 is 10.5. The van der Waals surface area contributed by atoms with Crippen LogP contribution in [0.3, 0.4) is 0 Å². The topological polar surface area (TPSA) is 103 Å². The van der Waals surface area contributed by atoms with Crippen LogP contribution >= 0.6 is 47.8 Å². The zero-order chi connectivity index (χ0) is 26.8. The van der Waals surface area contributed by atoms with E-state index in [1.165, 1.54) is 10.9 Å². The summed E-state index contributed by atoms with van der Waals surface area (Å²) in [5.74, 6) is 1.46. The normalized spacial score (nSPS) is 11.3. The standard InChI is InChI=1S/C27H17Br3N4O4/c1-2-36-21-13-16(23(29)24(30)25(21)37-10-9-31)14-32-34-26(33-19-6-4-3-5-18(19)27(34)35)22-12-15-11-17(28)7-8-20(15)38-22/h3-8,11-14H,2,10H2,1H3. The van der Waals surface area contributed by atoms with E-state index in [0.29, 0.717) is 54.9 Å². The minimum atomic E-state index is -0.349. The Labute approximate surface area is 241 Å². The second kappa shape index (κ2) is 11.1. The van der Waals surface area contributed by atoms with Gasteiger partial charge < -0.3 is 13.9 Å². The van der Waals surface area contributed by atoms with Crippen LogP contribution in [0.1, 0.15) is 12.5 Å². The van der Waals surface area contributed by atoms with Crippen molar-refractivity contribution < 1.29 is 13.9 Å². The molecule has 5 rings (SSSR count). The molecule has 0 atom stereocenters. The number of furan rings is 1. The average molecular weight is 701 g/mol. The molecular weight excluding hydrogens is 684 g/mol. The van der Waals surface area contributed by atoms with E-state index in [-0.39, 0.29) is 18.0 Å². The lowest BCUT2D eigenvalue weighted by atomic mass is 10.2. The van der Waals surface area contributed by atoms with E-state index in [1.807, 2.05) is 43.3 Å². The van der Waals surface area contributed by atoms with E-state index >= 15 is 0 Å². The van der Waals surface area contributed by atoms with E-state index in [9.17, 15) is 4.79 Å². The number of nitrogens with zero attached hydrogens (tertiary/aromatic N) is 4. The van der Waals surface area contributed by atoms with Crippen LogP contribution in [0.15, 0.2) is 82.3 Å². The fraction of sp³-hybridized carbons (Fsp3) is 0.111. The molecule has 190 valence electrons. The van der Waals surface area contributed by atoms with Gasteiger partial charge in [0.25, 0.3) is 5.56 Å². The molecule has 0 aliphatic heterocycles. The minimum absolute atomic E-state index is 0.145. The third kappa shape index (κ3) is 4.99. The number of aromatic nitrogens is 2. The molecule has 0 amide bonds. The summed E-state index contributed by atoms with van der Waals surface area (Å²) < 4.78 is 20.6. The van der Waals surface area contributed by atoms with Crippen molar-refractivity contribution in [3.63, 3.8) is 0 Å². The molecular formula is C27H17Br3N4O4. The summed E-state index contributed by atoms with van der Waals surface area (Å²) in [6.45, 7) is 2.08. The molecule has 11 heteroatoms. The summed E-state index contributed by atoms with van der Waals surface area (Å²) in [6.07, 6.45) is 1.52. The van der Waals surface area contributed by atoms with E-state index in [4.69, 9.17) is 24.1 Å². The molecule has 2 aromatic heterocycles. The van der Waals surface area contributed by atoms with Crippen LogP contribution in [0.5, 0.6) is 11.5 Å². The summed E-state index contributed by atoms with van der Waals surface area (Å²) in [4.78, 5) is 18.3. The zero-order valence-corrected chi connectivity index (χ0v) is 24.5. The highest BCUT2D eigenvalue weighted by Gasteiger charge is 2.19. The Balaban J connectivity index is 1.69. The Bertz CT molecular complexity index is 1820. The molecule has 0 fully saturated rings. The van der Waals surface area contributed by atoms with Crippen molar-refractivity contribution in [2.24, 2.45) is 5.10 Å². The molecule has 0 aliphatic rings. The highest BCUT2D eigenvalue weighted by molar-refractivity contribution is 9.13. The third-order valence-electron chi connectivity index (χ3n) is 5.50. The van der Waals surface area contributed by atoms with Gasteiger partial charge in [-0.2, -0.15) is 15.0 Å². The lowest BCUT2D eigenvalue weighted by molar-refractivity contribution is 0.297. The fourth-order valence-electron chi connectivity index (χ4n) is 3.83. The molecule has 0 aliphatic carbocycles. The Hall–Kier alpha value is -3.46. The van der Waals surface area contributed by atoms with Gasteiger partial charge in [-0.25, -0.2) is 4.98 Å². The molecule has 8 nitrogen and oxygen atoms in total. The van der Waals surface area contributed by atoms with Crippen molar-refractivity contribution in [1.29, 1.82) is 5.26 Å². The van der Waals surface area contributed by atoms with Crippen LogP contribution < -0.4 is 15.0 Å². The SMILES string of the molecule is CCOc1cc(C=Nn2c(-c3cc4cc(Br)ccc4o3)nc3ccccc3c2=O)c(Br)c(Br)c1OCC#N. The van der Waals surface area contributed by atoms with Gasteiger partial charge in [-0.05, 0) is 81.2 Å². The molecule has 0 saturated carbocycles. The number of halogens is 3. The number of hydrogen-bond acceptors (Lipinski definition) is 7. The van der Waals surface area contributed by atoms with Crippen molar-refractivity contribution in [3.05, 3.63) is 83.9 Å². The largest absolute Gasteiger partial charge is 0.490 e. The van der Waals surface area contributed by atoms with Crippen molar-refractivity contribution >= 4 is 75.9 Å². The Morgan fingerprint density at radius 2 is 1.92 bits per heavy atom. The van der Waals surface area contributed by atoms with Crippen LogP contribution in [-0.4, -0.2) is 29.1 Å². The molecule has 0 spiro atoms. The van der Waals surface area contributed by atoms with Gasteiger partial charge in [0.05, 0.1) is 28.2 Å². The van der Waals surface area contributed by atoms with Gasteiger partial charge in [-0.1, -0.05) is 28.1 Å². The third-order valence-corrected chi connectivity index (χ3v) is 8.14. The first-order valence-corrected chi connectivity index (χ1v) is 13.7. The van der Waals surface area contributed by atoms with Gasteiger partial charge >= 0.3 is 0 Å². The van der Waals surface area contributed by atoms with Crippen LogP contribution in [0.25, 0.3) is 33.5 Å². The van der Waals surface area contributed by atoms with Crippen LogP contribution in [0.2, 0.25) is 0 Å². The van der Waals surface area contributed by atoms with E-state index in [1.54, 1.807) is 24.3 Å². The number of para-hydroxylation sites is 1. The zero-order valence-electron chi connectivity index (χ0n) is 19.7. The van der Waals surface area contributed by atoms with Crippen molar-refractivity contribution in [2.75, 3.05) is 13.2 Å². The number of fused-ring (bicyclic) bond motifs is 2. The van der Waals surface area contributed by atoms with E-state index < -0.39 is 0 Å². The second-order valence-corrected chi connectivity index (χ2v) is 10.4. The smallest absolute Gasteiger partial charge is 0.282 e. The average Bonchev–Trinajstić information content (AvgIpc) is 3.33. The summed E-state index contributed by atoms with van der Waals surface area (Å²) in [5, 5.41) is 14.7. The van der Waals surface area contributed by atoms with Gasteiger partial charge in [0.2, 0.25) is 5.82 Å². The lowest BCUT2D eigenvalue weighted by Gasteiger charge is -2.15. The van der Waals surface area contributed by atoms with Gasteiger partial charge in [0.15, 0.2) is 23.9 Å². The first-order chi connectivity index (χ1) is 18.4. The number of hydrogen-bond donors (Lipinski definition) is 0. The number of nitriles is 1. The van der Waals surface area contributed by atoms with Gasteiger partial charge in [0, 0.05) is 19.9 Å². The fourth-order valence-corrected chi connectivity index (χ4v) is 5.15. The number of benzene rings is 3. The first-order valence-electron chi connectivity index (χ1n) is 11.3. The molecule has 2 heterocycles. The lowest BCUT2D eigenvalue weighted by Crippen LogP contribution is -2.20. The number of rotatable bonds is 7. The molecule has 5 aromatic rings. The second-order valence-electron chi connectivity index (χ2n) is 7.91. The Morgan fingerprint density at radius 3 is 2.71 bits per heavy atom. The predicted molar refractivity (Wildman–Crippen MR) is 156 cm³/mol. The predicted octanol–water partition coefficient (Wildman–Crippen LogP) is 7.28. The molecule has 0 unspecified atom stereocenters. The molecule has 3 aromatic carbocycles. The Morgan fingerprint density at radius 1 is 1.11 bits per heavy atom. The maximum absolute atomic E-state index is 13.6. The van der Waals surface area contributed by atoms with Gasteiger partial charge in [-0.3, -0.25) is 4.79 Å². The minimum Gasteiger partial charge on any atom is -0.490 e. The van der Waals surface area contributed by atoms with E-state index in [0.717, 1.165) is 9.86 Å². The van der Waals surface area contributed by atoms with Crippen LogP contribution in [0, 0.1) is 11.3 Å². The quantitative estimate of drug-likeness (QED) is 0.165. The maximum Gasteiger partial charge on any atom is 0.282 e. The van der Waals surface area contributed by atoms with Crippen molar-refractivity contribution in [1.82, 2.24) is 9.66 Å². The van der Waals surface area contributed by atoms with Crippen molar-refractivity contribution in [3.8, 4) is 29.2 Å². The number of ether oxygens (including phenoxy) is 2.